The Labute approximate surface area is 147 Å². The molecule has 1 fully saturated rings. The van der Waals surface area contributed by atoms with Crippen LogP contribution >= 0.6 is 11.6 Å². The monoisotopic (exact) mass is 344 g/mol. The van der Waals surface area contributed by atoms with E-state index in [2.05, 4.69) is 22.2 Å². The molecule has 0 unspecified atom stereocenters. The van der Waals surface area contributed by atoms with Crippen molar-refractivity contribution in [3.05, 3.63) is 46.7 Å². The van der Waals surface area contributed by atoms with Gasteiger partial charge >= 0.3 is 0 Å². The van der Waals surface area contributed by atoms with E-state index in [9.17, 15) is 4.79 Å². The van der Waals surface area contributed by atoms with Gasteiger partial charge in [0.1, 0.15) is 5.69 Å². The molecular formula is C18H21ClN4O. The number of aromatic nitrogens is 2. The van der Waals surface area contributed by atoms with Crippen LogP contribution in [0, 0.1) is 12.8 Å². The lowest BCUT2D eigenvalue weighted by Gasteiger charge is -2.30. The van der Waals surface area contributed by atoms with Gasteiger partial charge in [-0.15, -0.1) is 0 Å². The minimum atomic E-state index is -0.0331. The number of hydrogen-bond acceptors (Lipinski definition) is 4. The standard InChI is InChI=1S/C18H21ClN4O/c1-12-6-9-23(10-7-12)17(24)16-5-8-20-18(22-16)21-14-4-3-13(2)15(19)11-14/h3-5,8,11-12H,6-7,9-10H2,1-2H3,(H,20,21,22). The second-order valence-corrected chi connectivity index (χ2v) is 6.74. The number of aryl methyl sites for hydroxylation is 1. The zero-order chi connectivity index (χ0) is 17.1. The van der Waals surface area contributed by atoms with Crippen LogP contribution in [0.15, 0.2) is 30.5 Å². The van der Waals surface area contributed by atoms with Gasteiger partial charge < -0.3 is 10.2 Å². The average Bonchev–Trinajstić information content (AvgIpc) is 2.58. The van der Waals surface area contributed by atoms with E-state index in [4.69, 9.17) is 11.6 Å². The minimum absolute atomic E-state index is 0.0331. The van der Waals surface area contributed by atoms with Gasteiger partial charge in [-0.25, -0.2) is 9.97 Å². The van der Waals surface area contributed by atoms with Gasteiger partial charge in [0.05, 0.1) is 0 Å². The third kappa shape index (κ3) is 3.85. The van der Waals surface area contributed by atoms with Crippen LogP contribution in [-0.4, -0.2) is 33.9 Å². The van der Waals surface area contributed by atoms with Crippen molar-refractivity contribution < 1.29 is 4.79 Å². The molecule has 3 rings (SSSR count). The Morgan fingerprint density at radius 3 is 2.75 bits per heavy atom. The van der Waals surface area contributed by atoms with E-state index in [1.54, 1.807) is 12.3 Å². The molecule has 0 bridgehead atoms. The zero-order valence-electron chi connectivity index (χ0n) is 13.9. The van der Waals surface area contributed by atoms with Crippen LogP contribution < -0.4 is 5.32 Å². The zero-order valence-corrected chi connectivity index (χ0v) is 14.7. The van der Waals surface area contributed by atoms with Crippen molar-refractivity contribution in [3.8, 4) is 0 Å². The molecule has 126 valence electrons. The molecule has 6 heteroatoms. The molecule has 1 saturated heterocycles. The minimum Gasteiger partial charge on any atom is -0.337 e. The van der Waals surface area contributed by atoms with E-state index in [0.29, 0.717) is 22.6 Å². The van der Waals surface area contributed by atoms with Crippen molar-refractivity contribution in [1.29, 1.82) is 0 Å². The smallest absolute Gasteiger partial charge is 0.272 e. The summed E-state index contributed by atoms with van der Waals surface area (Å²) in [5.41, 5.74) is 2.22. The van der Waals surface area contributed by atoms with Gasteiger partial charge in [-0.1, -0.05) is 24.6 Å². The highest BCUT2D eigenvalue weighted by Crippen LogP contribution is 2.22. The molecule has 5 nitrogen and oxygen atoms in total. The summed E-state index contributed by atoms with van der Waals surface area (Å²) in [6, 6.07) is 7.31. The first kappa shape index (κ1) is 16.7. The highest BCUT2D eigenvalue weighted by atomic mass is 35.5. The lowest BCUT2D eigenvalue weighted by atomic mass is 9.99. The summed E-state index contributed by atoms with van der Waals surface area (Å²) in [6.07, 6.45) is 3.69. The predicted octanol–water partition coefficient (Wildman–Crippen LogP) is 4.05. The summed E-state index contributed by atoms with van der Waals surface area (Å²) in [5.74, 6) is 1.04. The lowest BCUT2D eigenvalue weighted by molar-refractivity contribution is 0.0691. The first-order chi connectivity index (χ1) is 11.5. The first-order valence-electron chi connectivity index (χ1n) is 8.18. The van der Waals surface area contributed by atoms with Crippen LogP contribution in [0.5, 0.6) is 0 Å². The van der Waals surface area contributed by atoms with Gasteiger partial charge in [-0.05, 0) is 49.4 Å². The number of likely N-dealkylation sites (tertiary alicyclic amines) is 1. The number of benzene rings is 1. The maximum atomic E-state index is 12.6. The Kier molecular flexibility index (Phi) is 5.00. The Morgan fingerprint density at radius 2 is 2.04 bits per heavy atom. The van der Waals surface area contributed by atoms with E-state index in [-0.39, 0.29) is 5.91 Å². The number of carbonyl (C=O) groups is 1. The third-order valence-electron chi connectivity index (χ3n) is 4.37. The van der Waals surface area contributed by atoms with Crippen LogP contribution in [0.4, 0.5) is 11.6 Å². The van der Waals surface area contributed by atoms with E-state index in [1.165, 1.54) is 0 Å². The number of nitrogens with one attached hydrogen (secondary N) is 1. The number of amides is 1. The number of rotatable bonds is 3. The number of nitrogens with zero attached hydrogens (tertiary/aromatic N) is 3. The van der Waals surface area contributed by atoms with Crippen molar-refractivity contribution in [3.63, 3.8) is 0 Å². The van der Waals surface area contributed by atoms with E-state index >= 15 is 0 Å². The van der Waals surface area contributed by atoms with Gasteiger partial charge in [0.25, 0.3) is 5.91 Å². The maximum absolute atomic E-state index is 12.6. The molecule has 2 aromatic rings. The number of halogens is 1. The molecule has 24 heavy (non-hydrogen) atoms. The quantitative estimate of drug-likeness (QED) is 0.912. The molecule has 0 radical (unpaired) electrons. The molecule has 1 aromatic carbocycles. The molecule has 1 amide bonds. The third-order valence-corrected chi connectivity index (χ3v) is 4.78. The van der Waals surface area contributed by atoms with E-state index < -0.39 is 0 Å². The molecular weight excluding hydrogens is 324 g/mol. The summed E-state index contributed by atoms with van der Waals surface area (Å²) in [4.78, 5) is 23.0. The van der Waals surface area contributed by atoms with Crippen LogP contribution in [-0.2, 0) is 0 Å². The van der Waals surface area contributed by atoms with Crippen LogP contribution in [0.3, 0.4) is 0 Å². The highest BCUT2D eigenvalue weighted by Gasteiger charge is 2.22. The van der Waals surface area contributed by atoms with Gasteiger partial charge in [-0.3, -0.25) is 4.79 Å². The number of anilines is 2. The molecule has 1 aliphatic rings. The summed E-state index contributed by atoms with van der Waals surface area (Å²) in [6.45, 7) is 5.75. The number of carbonyl (C=O) groups excluding carboxylic acids is 1. The van der Waals surface area contributed by atoms with E-state index in [1.807, 2.05) is 30.0 Å². The molecule has 2 heterocycles. The summed E-state index contributed by atoms with van der Waals surface area (Å²) < 4.78 is 0. The summed E-state index contributed by atoms with van der Waals surface area (Å²) in [5, 5.41) is 3.78. The highest BCUT2D eigenvalue weighted by molar-refractivity contribution is 6.31. The van der Waals surface area contributed by atoms with Crippen LogP contribution in [0.1, 0.15) is 35.8 Å². The molecule has 1 N–H and O–H groups in total. The second kappa shape index (κ2) is 7.18. The van der Waals surface area contributed by atoms with Crippen LogP contribution in [0.2, 0.25) is 5.02 Å². The van der Waals surface area contributed by atoms with Gasteiger partial charge in [0, 0.05) is 30.0 Å². The molecule has 0 saturated carbocycles. The number of piperidine rings is 1. The van der Waals surface area contributed by atoms with Gasteiger partial charge in [0.2, 0.25) is 5.95 Å². The normalized spacial score (nSPS) is 15.4. The van der Waals surface area contributed by atoms with Crippen molar-refractivity contribution in [2.24, 2.45) is 5.92 Å². The Hall–Kier alpha value is -2.14. The van der Waals surface area contributed by atoms with Gasteiger partial charge in [0.15, 0.2) is 0 Å². The molecule has 0 spiro atoms. The topological polar surface area (TPSA) is 58.1 Å². The van der Waals surface area contributed by atoms with Crippen molar-refractivity contribution in [1.82, 2.24) is 14.9 Å². The second-order valence-electron chi connectivity index (χ2n) is 6.33. The largest absolute Gasteiger partial charge is 0.337 e. The SMILES string of the molecule is Cc1ccc(Nc2nccc(C(=O)N3CCC(C)CC3)n2)cc1Cl. The Bertz CT molecular complexity index is 742. The summed E-state index contributed by atoms with van der Waals surface area (Å²) >= 11 is 6.13. The molecule has 0 atom stereocenters. The molecule has 1 aromatic heterocycles. The van der Waals surface area contributed by atoms with Crippen LogP contribution in [0.25, 0.3) is 0 Å². The van der Waals surface area contributed by atoms with E-state index in [0.717, 1.165) is 37.2 Å². The lowest BCUT2D eigenvalue weighted by Crippen LogP contribution is -2.38. The number of hydrogen-bond donors (Lipinski definition) is 1. The maximum Gasteiger partial charge on any atom is 0.272 e. The summed E-state index contributed by atoms with van der Waals surface area (Å²) in [7, 11) is 0. The first-order valence-corrected chi connectivity index (χ1v) is 8.56. The average molecular weight is 345 g/mol. The Morgan fingerprint density at radius 1 is 1.29 bits per heavy atom. The predicted molar refractivity (Wildman–Crippen MR) is 95.8 cm³/mol. The van der Waals surface area contributed by atoms with Crippen molar-refractivity contribution in [2.75, 3.05) is 18.4 Å². The molecule has 1 aliphatic heterocycles. The fraction of sp³-hybridized carbons (Fsp3) is 0.389. The van der Waals surface area contributed by atoms with Crippen molar-refractivity contribution >= 4 is 29.1 Å². The Balaban J connectivity index is 1.73. The fourth-order valence-electron chi connectivity index (χ4n) is 2.71. The van der Waals surface area contributed by atoms with Gasteiger partial charge in [-0.2, -0.15) is 0 Å². The van der Waals surface area contributed by atoms with Crippen molar-refractivity contribution in [2.45, 2.75) is 26.7 Å². The fourth-order valence-corrected chi connectivity index (χ4v) is 2.89. The molecule has 0 aliphatic carbocycles.